The van der Waals surface area contributed by atoms with Gasteiger partial charge in [0.05, 0.1) is 19.3 Å². The topological polar surface area (TPSA) is 66.9 Å². The fraction of sp³-hybridized carbons (Fsp3) is 0.684. The zero-order chi connectivity index (χ0) is 20.1. The number of morpholine rings is 1. The van der Waals surface area contributed by atoms with Crippen LogP contribution < -0.4 is 5.32 Å². The number of hydrogen-bond donors (Lipinski definition) is 1. The number of anilines is 1. The SMILES string of the molecule is CC(C)OC(=O)N1CCC[C@H](Nc2nc(Cl)cc(CN3CCOCC3)c2F)C1. The molecule has 1 N–H and O–H groups in total. The first-order valence-electron chi connectivity index (χ1n) is 9.79. The number of aromatic nitrogens is 1. The third-order valence-electron chi connectivity index (χ3n) is 4.86. The molecule has 2 fully saturated rings. The number of halogens is 2. The molecule has 0 radical (unpaired) electrons. The molecule has 0 saturated carbocycles. The number of nitrogens with zero attached hydrogens (tertiary/aromatic N) is 3. The Labute approximate surface area is 170 Å². The number of carbonyl (C=O) groups excluding carboxylic acids is 1. The number of carbonyl (C=O) groups is 1. The minimum Gasteiger partial charge on any atom is -0.447 e. The van der Waals surface area contributed by atoms with Crippen LogP contribution in [-0.2, 0) is 16.0 Å². The van der Waals surface area contributed by atoms with E-state index in [1.54, 1.807) is 11.0 Å². The van der Waals surface area contributed by atoms with Crippen molar-refractivity contribution < 1.29 is 18.7 Å². The van der Waals surface area contributed by atoms with Crippen LogP contribution >= 0.6 is 11.6 Å². The van der Waals surface area contributed by atoms with Gasteiger partial charge in [0, 0.05) is 44.3 Å². The van der Waals surface area contributed by atoms with Gasteiger partial charge in [-0.05, 0) is 32.8 Å². The molecule has 0 aromatic carbocycles. The number of ether oxygens (including phenoxy) is 2. The van der Waals surface area contributed by atoms with Crippen LogP contribution in [0.1, 0.15) is 32.3 Å². The Bertz CT molecular complexity index is 685. The van der Waals surface area contributed by atoms with Gasteiger partial charge in [0.25, 0.3) is 0 Å². The fourth-order valence-corrected chi connectivity index (χ4v) is 3.70. The molecule has 0 aliphatic carbocycles. The second kappa shape index (κ2) is 9.71. The maximum atomic E-state index is 15.0. The van der Waals surface area contributed by atoms with Gasteiger partial charge in [0.2, 0.25) is 0 Å². The monoisotopic (exact) mass is 414 g/mol. The quantitative estimate of drug-likeness (QED) is 0.747. The number of pyridine rings is 1. The second-order valence-electron chi connectivity index (χ2n) is 7.52. The van der Waals surface area contributed by atoms with Gasteiger partial charge in [0.15, 0.2) is 11.6 Å². The Morgan fingerprint density at radius 3 is 2.89 bits per heavy atom. The molecule has 2 aliphatic rings. The lowest BCUT2D eigenvalue weighted by molar-refractivity contribution is 0.0337. The molecule has 1 amide bonds. The Morgan fingerprint density at radius 2 is 2.18 bits per heavy atom. The zero-order valence-corrected chi connectivity index (χ0v) is 17.2. The normalized spacial score (nSPS) is 21.0. The summed E-state index contributed by atoms with van der Waals surface area (Å²) in [6, 6.07) is 1.47. The summed E-state index contributed by atoms with van der Waals surface area (Å²) in [5.74, 6) is -0.252. The van der Waals surface area contributed by atoms with E-state index in [4.69, 9.17) is 21.1 Å². The minimum absolute atomic E-state index is 0.106. The van der Waals surface area contributed by atoms with Crippen molar-refractivity contribution in [1.29, 1.82) is 0 Å². The number of amides is 1. The van der Waals surface area contributed by atoms with Crippen molar-refractivity contribution in [1.82, 2.24) is 14.8 Å². The van der Waals surface area contributed by atoms with Gasteiger partial charge in [-0.1, -0.05) is 11.6 Å². The lowest BCUT2D eigenvalue weighted by Crippen LogP contribution is -2.46. The molecule has 9 heteroatoms. The van der Waals surface area contributed by atoms with Crippen LogP contribution in [0, 0.1) is 5.82 Å². The Kier molecular flexibility index (Phi) is 7.31. The van der Waals surface area contributed by atoms with E-state index in [9.17, 15) is 4.79 Å². The van der Waals surface area contributed by atoms with Crippen molar-refractivity contribution in [3.05, 3.63) is 22.6 Å². The number of likely N-dealkylation sites (tertiary alicyclic amines) is 1. The fourth-order valence-electron chi connectivity index (χ4n) is 3.49. The van der Waals surface area contributed by atoms with Crippen LogP contribution in [0.5, 0.6) is 0 Å². The molecule has 3 heterocycles. The Hall–Kier alpha value is -1.64. The van der Waals surface area contributed by atoms with Crippen molar-refractivity contribution >= 4 is 23.5 Å². The van der Waals surface area contributed by atoms with E-state index in [2.05, 4.69) is 15.2 Å². The molecule has 156 valence electrons. The molecule has 28 heavy (non-hydrogen) atoms. The van der Waals surface area contributed by atoms with Crippen LogP contribution in [0.25, 0.3) is 0 Å². The summed E-state index contributed by atoms with van der Waals surface area (Å²) in [5, 5.41) is 3.39. The van der Waals surface area contributed by atoms with E-state index < -0.39 is 5.82 Å². The summed E-state index contributed by atoms with van der Waals surface area (Å²) < 4.78 is 25.7. The highest BCUT2D eigenvalue weighted by atomic mass is 35.5. The van der Waals surface area contributed by atoms with Crippen molar-refractivity contribution in [3.63, 3.8) is 0 Å². The van der Waals surface area contributed by atoms with Crippen LogP contribution in [0.2, 0.25) is 5.15 Å². The molecule has 1 atom stereocenters. The molecule has 0 unspecified atom stereocenters. The van der Waals surface area contributed by atoms with Crippen LogP contribution in [0.4, 0.5) is 15.0 Å². The summed E-state index contributed by atoms with van der Waals surface area (Å²) >= 11 is 6.15. The standard InChI is InChI=1S/C19H28ClFN4O3/c1-13(2)28-19(26)25-5-3-4-15(12-25)22-18-17(21)14(10-16(20)23-18)11-24-6-8-27-9-7-24/h10,13,15H,3-9,11-12H2,1-2H3,(H,22,23)/t15-/m0/s1. The molecule has 2 saturated heterocycles. The molecule has 0 spiro atoms. The lowest BCUT2D eigenvalue weighted by Gasteiger charge is -2.33. The molecule has 0 bridgehead atoms. The van der Waals surface area contributed by atoms with Gasteiger partial charge in [-0.25, -0.2) is 14.2 Å². The third-order valence-corrected chi connectivity index (χ3v) is 5.05. The smallest absolute Gasteiger partial charge is 0.410 e. The zero-order valence-electron chi connectivity index (χ0n) is 16.4. The predicted molar refractivity (Wildman–Crippen MR) is 105 cm³/mol. The van der Waals surface area contributed by atoms with Crippen molar-refractivity contribution in [2.24, 2.45) is 0 Å². The van der Waals surface area contributed by atoms with E-state index in [0.717, 1.165) is 25.9 Å². The Balaban J connectivity index is 1.66. The minimum atomic E-state index is -0.391. The molecule has 1 aromatic heterocycles. The van der Waals surface area contributed by atoms with Crippen molar-refractivity contribution in [2.75, 3.05) is 44.7 Å². The maximum absolute atomic E-state index is 15.0. The summed E-state index contributed by atoms with van der Waals surface area (Å²) in [6.45, 7) is 8.00. The number of piperidine rings is 1. The summed E-state index contributed by atoms with van der Waals surface area (Å²) in [5.41, 5.74) is 0.510. The van der Waals surface area contributed by atoms with E-state index >= 15 is 4.39 Å². The molecule has 7 nitrogen and oxygen atoms in total. The van der Waals surface area contributed by atoms with E-state index in [1.165, 1.54) is 0 Å². The van der Waals surface area contributed by atoms with Gasteiger partial charge in [-0.2, -0.15) is 0 Å². The first kappa shape index (κ1) is 21.1. The average Bonchev–Trinajstić information content (AvgIpc) is 2.66. The predicted octanol–water partition coefficient (Wildman–Crippen LogP) is 3.13. The number of rotatable bonds is 5. The highest BCUT2D eigenvalue weighted by Crippen LogP contribution is 2.24. The molecule has 3 rings (SSSR count). The Morgan fingerprint density at radius 1 is 1.43 bits per heavy atom. The molecule has 1 aromatic rings. The summed E-state index contributed by atoms with van der Waals surface area (Å²) in [4.78, 5) is 20.1. The third kappa shape index (κ3) is 5.68. The summed E-state index contributed by atoms with van der Waals surface area (Å²) in [7, 11) is 0. The second-order valence-corrected chi connectivity index (χ2v) is 7.90. The number of nitrogens with one attached hydrogen (secondary N) is 1. The van der Waals surface area contributed by atoms with Crippen LogP contribution in [0.15, 0.2) is 6.07 Å². The number of hydrogen-bond acceptors (Lipinski definition) is 6. The molecular formula is C19H28ClFN4O3. The van der Waals surface area contributed by atoms with Gasteiger partial charge < -0.3 is 19.7 Å². The van der Waals surface area contributed by atoms with Gasteiger partial charge >= 0.3 is 6.09 Å². The van der Waals surface area contributed by atoms with Gasteiger partial charge in [-0.3, -0.25) is 4.90 Å². The van der Waals surface area contributed by atoms with E-state index in [1.807, 2.05) is 13.8 Å². The highest BCUT2D eigenvalue weighted by molar-refractivity contribution is 6.29. The lowest BCUT2D eigenvalue weighted by atomic mass is 10.1. The van der Waals surface area contributed by atoms with Crippen molar-refractivity contribution in [2.45, 2.75) is 45.4 Å². The van der Waals surface area contributed by atoms with Gasteiger partial charge in [0.1, 0.15) is 5.15 Å². The van der Waals surface area contributed by atoms with Gasteiger partial charge in [-0.15, -0.1) is 0 Å². The molecular weight excluding hydrogens is 387 g/mol. The highest BCUT2D eigenvalue weighted by Gasteiger charge is 2.27. The van der Waals surface area contributed by atoms with Crippen molar-refractivity contribution in [3.8, 4) is 0 Å². The largest absolute Gasteiger partial charge is 0.447 e. The van der Waals surface area contributed by atoms with Crippen LogP contribution in [-0.4, -0.2) is 72.4 Å². The molecule has 2 aliphatic heterocycles. The first-order chi connectivity index (χ1) is 13.4. The van der Waals surface area contributed by atoms with E-state index in [-0.39, 0.29) is 29.2 Å². The van der Waals surface area contributed by atoms with Crippen LogP contribution in [0.3, 0.4) is 0 Å². The van der Waals surface area contributed by atoms with E-state index in [0.29, 0.717) is 38.4 Å². The maximum Gasteiger partial charge on any atom is 0.410 e. The first-order valence-corrected chi connectivity index (χ1v) is 10.2. The average molecular weight is 415 g/mol. The summed E-state index contributed by atoms with van der Waals surface area (Å²) in [6.07, 6.45) is 1.12.